The highest BCUT2D eigenvalue weighted by molar-refractivity contribution is 7.91. The van der Waals surface area contributed by atoms with Gasteiger partial charge in [-0.15, -0.1) is 0 Å². The molecule has 0 heterocycles. The van der Waals surface area contributed by atoms with Crippen LogP contribution in [-0.2, 0) is 18.7 Å². The van der Waals surface area contributed by atoms with Gasteiger partial charge in [0.25, 0.3) is 11.0 Å². The minimum atomic E-state index is -4.47. The molecule has 3 unspecified atom stereocenters. The molecule has 0 saturated heterocycles. The second-order valence-corrected chi connectivity index (χ2v) is 10.4. The molecule has 1 rings (SSSR count). The van der Waals surface area contributed by atoms with E-state index in [0.717, 1.165) is 11.1 Å². The van der Waals surface area contributed by atoms with Crippen LogP contribution in [0.15, 0.2) is 45.6 Å². The van der Waals surface area contributed by atoms with Crippen molar-refractivity contribution in [1.29, 1.82) is 0 Å². The van der Waals surface area contributed by atoms with Crippen LogP contribution in [0.2, 0.25) is 0 Å². The van der Waals surface area contributed by atoms with Gasteiger partial charge in [-0.1, -0.05) is 44.1 Å². The van der Waals surface area contributed by atoms with Crippen molar-refractivity contribution < 1.29 is 23.8 Å². The molecule has 0 aliphatic heterocycles. The lowest BCUT2D eigenvalue weighted by Gasteiger charge is -2.26. The van der Waals surface area contributed by atoms with Gasteiger partial charge in [-0.3, -0.25) is 14.2 Å². The molecule has 1 N–H and O–H groups in total. The summed E-state index contributed by atoms with van der Waals surface area (Å²) in [6, 6.07) is 0. The average Bonchev–Trinajstić information content (AvgIpc) is 2.66. The van der Waals surface area contributed by atoms with Crippen LogP contribution in [0.25, 0.3) is 0 Å². The molecule has 0 aromatic heterocycles. The Kier molecular flexibility index (Phi) is 9.87. The standard InChI is InChI=1S/C24H37O5P/c1-9-11-17(5)21(16(4)10-2)23(26)30(28,29-20(8)14-25)24(27)22-18(6)12-15(3)13-19(22)7/h11-12,15,20,25H,9-10,13-14H2,1-8H3. The Balaban J connectivity index is 3.70. The van der Waals surface area contributed by atoms with Crippen LogP contribution in [0.4, 0.5) is 0 Å². The first-order valence-electron chi connectivity index (χ1n) is 10.7. The molecule has 0 amide bonds. The molecule has 0 aromatic rings. The molecule has 168 valence electrons. The van der Waals surface area contributed by atoms with Gasteiger partial charge in [-0.2, -0.15) is 0 Å². The molecule has 0 saturated carbocycles. The van der Waals surface area contributed by atoms with Gasteiger partial charge in [0, 0.05) is 11.1 Å². The van der Waals surface area contributed by atoms with Crippen molar-refractivity contribution in [3.63, 3.8) is 0 Å². The number of aliphatic hydroxyl groups is 1. The van der Waals surface area contributed by atoms with Crippen molar-refractivity contribution in [1.82, 2.24) is 0 Å². The summed E-state index contributed by atoms with van der Waals surface area (Å²) in [5.74, 6) is 0.265. The number of hydrogen-bond acceptors (Lipinski definition) is 5. The van der Waals surface area contributed by atoms with Gasteiger partial charge in [-0.05, 0) is 70.9 Å². The van der Waals surface area contributed by atoms with Crippen LogP contribution < -0.4 is 0 Å². The third-order valence-electron chi connectivity index (χ3n) is 5.39. The molecule has 1 aliphatic rings. The first-order chi connectivity index (χ1) is 13.9. The second-order valence-electron chi connectivity index (χ2n) is 8.25. The van der Waals surface area contributed by atoms with E-state index in [0.29, 0.717) is 41.6 Å². The molecule has 6 heteroatoms. The van der Waals surface area contributed by atoms with Crippen molar-refractivity contribution in [3.8, 4) is 0 Å². The van der Waals surface area contributed by atoms with E-state index in [1.54, 1.807) is 13.8 Å². The van der Waals surface area contributed by atoms with E-state index in [9.17, 15) is 19.3 Å². The Morgan fingerprint density at radius 1 is 1.30 bits per heavy atom. The normalized spacial score (nSPS) is 21.6. The maximum atomic E-state index is 14.1. The number of hydrogen-bond donors (Lipinski definition) is 1. The minimum absolute atomic E-state index is 0.265. The Hall–Kier alpha value is -1.55. The molecule has 3 atom stereocenters. The van der Waals surface area contributed by atoms with Crippen LogP contribution in [0.1, 0.15) is 74.7 Å². The summed E-state index contributed by atoms with van der Waals surface area (Å²) in [4.78, 5) is 27.3. The summed E-state index contributed by atoms with van der Waals surface area (Å²) >= 11 is 0. The zero-order valence-corrected chi connectivity index (χ0v) is 20.6. The molecule has 0 aromatic carbocycles. The zero-order chi connectivity index (χ0) is 23.2. The van der Waals surface area contributed by atoms with Crippen LogP contribution in [0, 0.1) is 5.92 Å². The maximum Gasteiger partial charge on any atom is 0.340 e. The second kappa shape index (κ2) is 11.2. The quantitative estimate of drug-likeness (QED) is 0.254. The Bertz CT molecular complexity index is 857. The number of carbonyl (C=O) groups is 2. The number of aliphatic hydroxyl groups excluding tert-OH is 1. The highest BCUT2D eigenvalue weighted by Crippen LogP contribution is 2.56. The van der Waals surface area contributed by atoms with Crippen molar-refractivity contribution in [2.24, 2.45) is 5.92 Å². The fraction of sp³-hybridized carbons (Fsp3) is 0.583. The van der Waals surface area contributed by atoms with Crippen LogP contribution in [0.3, 0.4) is 0 Å². The molecule has 0 spiro atoms. The summed E-state index contributed by atoms with van der Waals surface area (Å²) in [5, 5.41) is 9.48. The lowest BCUT2D eigenvalue weighted by molar-refractivity contribution is -0.113. The van der Waals surface area contributed by atoms with Crippen molar-refractivity contribution in [3.05, 3.63) is 45.6 Å². The predicted octanol–water partition coefficient (Wildman–Crippen LogP) is 6.10. The molecule has 30 heavy (non-hydrogen) atoms. The molecule has 0 bridgehead atoms. The van der Waals surface area contributed by atoms with Crippen LogP contribution >= 0.6 is 7.37 Å². The van der Waals surface area contributed by atoms with Crippen molar-refractivity contribution in [2.75, 3.05) is 6.61 Å². The van der Waals surface area contributed by atoms with Gasteiger partial charge >= 0.3 is 7.37 Å². The lowest BCUT2D eigenvalue weighted by atomic mass is 9.87. The zero-order valence-electron chi connectivity index (χ0n) is 19.7. The third-order valence-corrected chi connectivity index (χ3v) is 7.57. The van der Waals surface area contributed by atoms with Gasteiger partial charge < -0.3 is 9.63 Å². The number of rotatable bonds is 10. The van der Waals surface area contributed by atoms with E-state index < -0.39 is 31.1 Å². The van der Waals surface area contributed by atoms with Crippen LogP contribution in [-0.4, -0.2) is 28.9 Å². The number of carbonyl (C=O) groups excluding carboxylic acids is 2. The number of allylic oxidation sites excluding steroid dienone is 8. The van der Waals surface area contributed by atoms with E-state index in [1.807, 2.05) is 46.8 Å². The summed E-state index contributed by atoms with van der Waals surface area (Å²) in [5.41, 5.74) is 2.03. The average molecular weight is 437 g/mol. The fourth-order valence-electron chi connectivity index (χ4n) is 3.88. The molecule has 1 aliphatic carbocycles. The molecule has 5 nitrogen and oxygen atoms in total. The van der Waals surface area contributed by atoms with Crippen molar-refractivity contribution in [2.45, 2.75) is 80.8 Å². The molecular weight excluding hydrogens is 399 g/mol. The summed E-state index contributed by atoms with van der Waals surface area (Å²) in [7, 11) is -4.47. The largest absolute Gasteiger partial charge is 0.394 e. The monoisotopic (exact) mass is 436 g/mol. The minimum Gasteiger partial charge on any atom is -0.394 e. The van der Waals surface area contributed by atoms with E-state index in [1.165, 1.54) is 6.92 Å². The molecule has 0 fully saturated rings. The first-order valence-corrected chi connectivity index (χ1v) is 12.3. The smallest absolute Gasteiger partial charge is 0.340 e. The topological polar surface area (TPSA) is 80.7 Å². The van der Waals surface area contributed by atoms with E-state index in [2.05, 4.69) is 0 Å². The van der Waals surface area contributed by atoms with Gasteiger partial charge in [-0.25, -0.2) is 0 Å². The SMILES string of the molecule is CCC=C(C)C(C(=O)P(=O)(OC(C)CO)C(=O)C1=C(C)CC(C)C=C1C)=C(C)CC. The highest BCUT2D eigenvalue weighted by Gasteiger charge is 2.47. The summed E-state index contributed by atoms with van der Waals surface area (Å²) in [6.45, 7) is 14.2. The van der Waals surface area contributed by atoms with Gasteiger partial charge in [0.05, 0.1) is 12.7 Å². The van der Waals surface area contributed by atoms with Crippen LogP contribution in [0.5, 0.6) is 0 Å². The Morgan fingerprint density at radius 3 is 2.37 bits per heavy atom. The lowest BCUT2D eigenvalue weighted by Crippen LogP contribution is -2.24. The van der Waals surface area contributed by atoms with E-state index >= 15 is 0 Å². The van der Waals surface area contributed by atoms with Crippen molar-refractivity contribution >= 4 is 18.4 Å². The van der Waals surface area contributed by atoms with Gasteiger partial charge in [0.15, 0.2) is 0 Å². The summed E-state index contributed by atoms with van der Waals surface area (Å²) < 4.78 is 19.6. The van der Waals surface area contributed by atoms with E-state index in [4.69, 9.17) is 4.52 Å². The maximum absolute atomic E-state index is 14.1. The van der Waals surface area contributed by atoms with Gasteiger partial charge in [0.1, 0.15) is 0 Å². The predicted molar refractivity (Wildman–Crippen MR) is 123 cm³/mol. The fourth-order valence-corrected chi connectivity index (χ4v) is 6.16. The van der Waals surface area contributed by atoms with Gasteiger partial charge in [0.2, 0.25) is 0 Å². The third kappa shape index (κ3) is 5.78. The first kappa shape index (κ1) is 26.5. The Morgan fingerprint density at radius 2 is 1.90 bits per heavy atom. The molecule has 0 radical (unpaired) electrons. The highest BCUT2D eigenvalue weighted by atomic mass is 31.2. The molecular formula is C24H37O5P. The van der Waals surface area contributed by atoms with E-state index in [-0.39, 0.29) is 5.92 Å². The summed E-state index contributed by atoms with van der Waals surface area (Å²) in [6.07, 6.45) is 4.88. The Labute approximate surface area is 181 Å².